The van der Waals surface area contributed by atoms with Crippen molar-refractivity contribution in [2.45, 2.75) is 97.6 Å². The van der Waals surface area contributed by atoms with Crippen molar-refractivity contribution in [2.75, 3.05) is 37.6 Å². The zero-order chi connectivity index (χ0) is 22.8. The van der Waals surface area contributed by atoms with Gasteiger partial charge in [-0.05, 0) is 71.5 Å². The molecule has 0 amide bonds. The molecule has 6 nitrogen and oxygen atoms in total. The quantitative estimate of drug-likeness (QED) is 0.505. The van der Waals surface area contributed by atoms with Crippen LogP contribution < -0.4 is 10.6 Å². The summed E-state index contributed by atoms with van der Waals surface area (Å²) >= 11 is 0. The van der Waals surface area contributed by atoms with Crippen LogP contribution in [0.5, 0.6) is 0 Å². The highest BCUT2D eigenvalue weighted by atomic mass is 19.1. The first-order valence-corrected chi connectivity index (χ1v) is 12.2. The van der Waals surface area contributed by atoms with Crippen molar-refractivity contribution in [3.63, 3.8) is 0 Å². The van der Waals surface area contributed by atoms with E-state index < -0.39 is 12.2 Å². The first-order valence-electron chi connectivity index (χ1n) is 12.2. The van der Waals surface area contributed by atoms with Gasteiger partial charge in [-0.2, -0.15) is 0 Å². The number of nitrogens with two attached hydrogens (primary N) is 1. The Morgan fingerprint density at radius 2 is 2.03 bits per heavy atom. The molecule has 4 atom stereocenters. The summed E-state index contributed by atoms with van der Waals surface area (Å²) in [5.41, 5.74) is 7.93. The number of anilines is 1. The maximum absolute atomic E-state index is 13.7. The van der Waals surface area contributed by atoms with Crippen molar-refractivity contribution in [2.24, 2.45) is 5.73 Å². The second-order valence-electron chi connectivity index (χ2n) is 9.00. The van der Waals surface area contributed by atoms with Crippen molar-refractivity contribution in [1.29, 1.82) is 0 Å². The molecule has 1 aromatic rings. The molecule has 2 rings (SSSR count). The van der Waals surface area contributed by atoms with Crippen LogP contribution in [0, 0.1) is 6.92 Å². The van der Waals surface area contributed by atoms with Gasteiger partial charge in [0, 0.05) is 31.0 Å². The third-order valence-corrected chi connectivity index (χ3v) is 6.11. The van der Waals surface area contributed by atoms with E-state index in [4.69, 9.17) is 15.5 Å². The minimum Gasteiger partial charge on any atom is -0.374 e. The largest absolute Gasteiger partial charge is 0.374 e. The second kappa shape index (κ2) is 13.3. The monoisotopic (exact) mass is 437 g/mol. The van der Waals surface area contributed by atoms with Gasteiger partial charge in [-0.3, -0.25) is 0 Å². The molecule has 1 aromatic heterocycles. The molecule has 1 aliphatic heterocycles. The van der Waals surface area contributed by atoms with Gasteiger partial charge in [-0.25, -0.2) is 14.4 Å². The lowest BCUT2D eigenvalue weighted by Crippen LogP contribution is -2.50. The number of nitrogens with zero attached hydrogens (tertiary/aromatic N) is 4. The smallest absolute Gasteiger partial charge is 0.225 e. The lowest BCUT2D eigenvalue weighted by Gasteiger charge is -2.33. The van der Waals surface area contributed by atoms with E-state index in [-0.39, 0.29) is 6.10 Å². The summed E-state index contributed by atoms with van der Waals surface area (Å²) in [4.78, 5) is 13.9. The van der Waals surface area contributed by atoms with Crippen LogP contribution in [0.3, 0.4) is 0 Å². The topological polar surface area (TPSA) is 67.5 Å². The number of aromatic nitrogens is 2. The van der Waals surface area contributed by atoms with Crippen LogP contribution >= 0.6 is 0 Å². The molecule has 2 N–H and O–H groups in total. The molecular weight excluding hydrogens is 393 g/mol. The van der Waals surface area contributed by atoms with Crippen LogP contribution in [0.15, 0.2) is 6.07 Å². The number of aryl methyl sites for hydroxylation is 2. The van der Waals surface area contributed by atoms with Crippen molar-refractivity contribution in [3.8, 4) is 0 Å². The Morgan fingerprint density at radius 3 is 2.68 bits per heavy atom. The highest BCUT2D eigenvalue weighted by Gasteiger charge is 2.27. The van der Waals surface area contributed by atoms with E-state index in [0.29, 0.717) is 31.6 Å². The van der Waals surface area contributed by atoms with Gasteiger partial charge in [0.25, 0.3) is 0 Å². The molecule has 4 unspecified atom stereocenters. The van der Waals surface area contributed by atoms with Crippen molar-refractivity contribution in [3.05, 3.63) is 17.5 Å². The SMILES string of the molecule is CCCN(CCCc1cc(C)nc(N2CCC(F)C(N)C2)n1)CC(CC)OC(C)CC. The van der Waals surface area contributed by atoms with Crippen molar-refractivity contribution in [1.82, 2.24) is 14.9 Å². The van der Waals surface area contributed by atoms with E-state index in [2.05, 4.69) is 43.6 Å². The predicted octanol–water partition coefficient (Wildman–Crippen LogP) is 3.90. The first-order chi connectivity index (χ1) is 14.9. The van der Waals surface area contributed by atoms with Gasteiger partial charge in [-0.15, -0.1) is 0 Å². The molecule has 1 saturated heterocycles. The molecule has 0 aromatic carbocycles. The summed E-state index contributed by atoms with van der Waals surface area (Å²) in [5.74, 6) is 0.691. The molecule has 1 fully saturated rings. The van der Waals surface area contributed by atoms with Gasteiger partial charge in [0.15, 0.2) is 0 Å². The van der Waals surface area contributed by atoms with E-state index in [1.165, 1.54) is 0 Å². The van der Waals surface area contributed by atoms with Gasteiger partial charge in [0.2, 0.25) is 5.95 Å². The molecule has 0 radical (unpaired) electrons. The van der Waals surface area contributed by atoms with E-state index in [0.717, 1.165) is 63.1 Å². The molecular formula is C24H44FN5O. The number of ether oxygens (including phenoxy) is 1. The molecule has 0 spiro atoms. The van der Waals surface area contributed by atoms with E-state index in [1.54, 1.807) is 0 Å². The zero-order valence-electron chi connectivity index (χ0n) is 20.3. The van der Waals surface area contributed by atoms with Gasteiger partial charge in [0.05, 0.1) is 18.2 Å². The maximum atomic E-state index is 13.7. The molecule has 178 valence electrons. The molecule has 31 heavy (non-hydrogen) atoms. The zero-order valence-corrected chi connectivity index (χ0v) is 20.3. The van der Waals surface area contributed by atoms with Gasteiger partial charge in [-0.1, -0.05) is 20.8 Å². The highest BCUT2D eigenvalue weighted by molar-refractivity contribution is 5.34. The van der Waals surface area contributed by atoms with E-state index in [1.807, 2.05) is 11.8 Å². The Kier molecular flexibility index (Phi) is 11.1. The Hall–Kier alpha value is -1.31. The number of rotatable bonds is 13. The molecule has 2 heterocycles. The Bertz CT molecular complexity index is 646. The number of piperidine rings is 1. The van der Waals surface area contributed by atoms with Crippen molar-refractivity contribution < 1.29 is 9.13 Å². The minimum atomic E-state index is -0.929. The van der Waals surface area contributed by atoms with E-state index >= 15 is 0 Å². The predicted molar refractivity (Wildman–Crippen MR) is 126 cm³/mol. The number of halogens is 1. The van der Waals surface area contributed by atoms with Gasteiger partial charge < -0.3 is 20.3 Å². The molecule has 7 heteroatoms. The second-order valence-corrected chi connectivity index (χ2v) is 9.00. The van der Waals surface area contributed by atoms with Crippen LogP contribution in [0.1, 0.15) is 71.2 Å². The van der Waals surface area contributed by atoms with Crippen LogP contribution in [0.25, 0.3) is 0 Å². The highest BCUT2D eigenvalue weighted by Crippen LogP contribution is 2.19. The summed E-state index contributed by atoms with van der Waals surface area (Å²) in [7, 11) is 0. The van der Waals surface area contributed by atoms with E-state index in [9.17, 15) is 4.39 Å². The Balaban J connectivity index is 1.92. The summed E-state index contributed by atoms with van der Waals surface area (Å²) in [6, 6.07) is 1.60. The number of hydrogen-bond acceptors (Lipinski definition) is 6. The van der Waals surface area contributed by atoms with Crippen LogP contribution in [0.4, 0.5) is 10.3 Å². The first kappa shape index (κ1) is 25.9. The minimum absolute atomic E-state index is 0.289. The van der Waals surface area contributed by atoms with Crippen LogP contribution in [0.2, 0.25) is 0 Å². The molecule has 0 bridgehead atoms. The fourth-order valence-electron chi connectivity index (χ4n) is 4.10. The third kappa shape index (κ3) is 8.62. The standard InChI is InChI=1S/C24H44FN5O/c1-6-12-29(16-21(8-3)31-19(5)7-2)13-9-10-20-15-18(4)27-24(28-20)30-14-11-22(25)23(26)17-30/h15,19,21-23H,6-14,16-17,26H2,1-5H3. The fraction of sp³-hybridized carbons (Fsp3) is 0.833. The normalized spacial score (nSPS) is 21.5. The Labute approximate surface area is 188 Å². The van der Waals surface area contributed by atoms with Gasteiger partial charge >= 0.3 is 0 Å². The third-order valence-electron chi connectivity index (χ3n) is 6.11. The molecule has 0 aliphatic carbocycles. The average Bonchev–Trinajstić information content (AvgIpc) is 2.74. The molecule has 0 saturated carbocycles. The Morgan fingerprint density at radius 1 is 1.26 bits per heavy atom. The summed E-state index contributed by atoms with van der Waals surface area (Å²) < 4.78 is 19.9. The van der Waals surface area contributed by atoms with Gasteiger partial charge in [0.1, 0.15) is 6.17 Å². The summed E-state index contributed by atoms with van der Waals surface area (Å²) in [6.07, 6.45) is 5.29. The lowest BCUT2D eigenvalue weighted by atomic mass is 10.1. The summed E-state index contributed by atoms with van der Waals surface area (Å²) in [5, 5.41) is 0. The van der Waals surface area contributed by atoms with Crippen LogP contribution in [-0.4, -0.2) is 72.0 Å². The number of alkyl halides is 1. The van der Waals surface area contributed by atoms with Crippen molar-refractivity contribution >= 4 is 5.95 Å². The number of hydrogen-bond donors (Lipinski definition) is 1. The van der Waals surface area contributed by atoms with Crippen LogP contribution in [-0.2, 0) is 11.2 Å². The summed E-state index contributed by atoms with van der Waals surface area (Å²) in [6.45, 7) is 15.0. The fourth-order valence-corrected chi connectivity index (χ4v) is 4.10. The molecule has 1 aliphatic rings. The maximum Gasteiger partial charge on any atom is 0.225 e. The average molecular weight is 438 g/mol. The lowest BCUT2D eigenvalue weighted by molar-refractivity contribution is -0.0235.